The molecule has 0 saturated carbocycles. The molecular weight excluding hydrogens is 130 g/mol. The van der Waals surface area contributed by atoms with E-state index in [1.165, 1.54) is 23.1 Å². The second-order valence-electron chi connectivity index (χ2n) is 1.71. The van der Waals surface area contributed by atoms with Gasteiger partial charge in [-0.1, -0.05) is 6.58 Å². The third-order valence-electron chi connectivity index (χ3n) is 1.10. The van der Waals surface area contributed by atoms with Crippen LogP contribution in [-0.4, -0.2) is 15.7 Å². The zero-order valence-electron chi connectivity index (χ0n) is 5.32. The minimum atomic E-state index is -0.502. The van der Waals surface area contributed by atoms with Crippen molar-refractivity contribution in [3.8, 4) is 0 Å². The van der Waals surface area contributed by atoms with Crippen molar-refractivity contribution in [3.63, 3.8) is 0 Å². The first-order chi connectivity index (χ1) is 4.75. The lowest BCUT2D eigenvalue weighted by atomic mass is 10.4. The molecular formula is C6H7N3O. The van der Waals surface area contributed by atoms with Crippen molar-refractivity contribution in [1.29, 1.82) is 0 Å². The SMILES string of the molecule is C=Cn1nccc1C(N)=O. The van der Waals surface area contributed by atoms with E-state index in [1.54, 1.807) is 0 Å². The van der Waals surface area contributed by atoms with Gasteiger partial charge >= 0.3 is 0 Å². The lowest BCUT2D eigenvalue weighted by Gasteiger charge is -1.93. The first kappa shape index (κ1) is 6.54. The monoisotopic (exact) mass is 137 g/mol. The summed E-state index contributed by atoms with van der Waals surface area (Å²) >= 11 is 0. The van der Waals surface area contributed by atoms with Gasteiger partial charge in [-0.25, -0.2) is 4.68 Å². The molecule has 0 saturated heterocycles. The molecule has 0 radical (unpaired) electrons. The average Bonchev–Trinajstić information content (AvgIpc) is 2.33. The Morgan fingerprint density at radius 2 is 2.60 bits per heavy atom. The van der Waals surface area contributed by atoms with Gasteiger partial charge in [0.25, 0.3) is 5.91 Å². The van der Waals surface area contributed by atoms with Crippen molar-refractivity contribution in [2.45, 2.75) is 0 Å². The molecule has 4 heteroatoms. The van der Waals surface area contributed by atoms with Crippen LogP contribution in [-0.2, 0) is 0 Å². The minimum absolute atomic E-state index is 0.343. The van der Waals surface area contributed by atoms with Gasteiger partial charge in [-0.15, -0.1) is 0 Å². The lowest BCUT2D eigenvalue weighted by Crippen LogP contribution is -2.14. The van der Waals surface area contributed by atoms with Gasteiger partial charge in [-0.05, 0) is 6.07 Å². The summed E-state index contributed by atoms with van der Waals surface area (Å²) in [6, 6.07) is 1.53. The summed E-state index contributed by atoms with van der Waals surface area (Å²) in [5.74, 6) is -0.502. The average molecular weight is 137 g/mol. The highest BCUT2D eigenvalue weighted by Crippen LogP contribution is 1.95. The van der Waals surface area contributed by atoms with E-state index >= 15 is 0 Å². The van der Waals surface area contributed by atoms with Crippen LogP contribution in [0.5, 0.6) is 0 Å². The van der Waals surface area contributed by atoms with E-state index in [-0.39, 0.29) is 0 Å². The predicted molar refractivity (Wildman–Crippen MR) is 37.1 cm³/mol. The maximum absolute atomic E-state index is 10.6. The Morgan fingerprint density at radius 3 is 3.00 bits per heavy atom. The zero-order valence-corrected chi connectivity index (χ0v) is 5.32. The highest BCUT2D eigenvalue weighted by molar-refractivity contribution is 5.91. The Balaban J connectivity index is 3.13. The molecule has 2 N–H and O–H groups in total. The highest BCUT2D eigenvalue weighted by atomic mass is 16.1. The number of aromatic nitrogens is 2. The number of amides is 1. The smallest absolute Gasteiger partial charge is 0.267 e. The number of hydrogen-bond donors (Lipinski definition) is 1. The van der Waals surface area contributed by atoms with Crippen LogP contribution >= 0.6 is 0 Å². The molecule has 0 unspecified atom stereocenters. The summed E-state index contributed by atoms with van der Waals surface area (Å²) in [7, 11) is 0. The molecule has 0 aromatic carbocycles. The van der Waals surface area contributed by atoms with Crippen molar-refractivity contribution in [2.24, 2.45) is 5.73 Å². The van der Waals surface area contributed by atoms with Crippen molar-refractivity contribution in [3.05, 3.63) is 24.5 Å². The largest absolute Gasteiger partial charge is 0.364 e. The van der Waals surface area contributed by atoms with Crippen molar-refractivity contribution >= 4 is 12.1 Å². The van der Waals surface area contributed by atoms with Gasteiger partial charge in [0.15, 0.2) is 0 Å². The minimum Gasteiger partial charge on any atom is -0.364 e. The summed E-state index contributed by atoms with van der Waals surface area (Å²) in [6.07, 6.45) is 2.90. The molecule has 10 heavy (non-hydrogen) atoms. The first-order valence-corrected chi connectivity index (χ1v) is 2.71. The normalized spacial score (nSPS) is 9.20. The van der Waals surface area contributed by atoms with Gasteiger partial charge in [-0.3, -0.25) is 4.79 Å². The van der Waals surface area contributed by atoms with Crippen LogP contribution in [0.1, 0.15) is 10.5 Å². The Hall–Kier alpha value is -1.58. The Morgan fingerprint density at radius 1 is 1.90 bits per heavy atom. The molecule has 1 aromatic heterocycles. The van der Waals surface area contributed by atoms with E-state index in [0.717, 1.165) is 0 Å². The molecule has 0 fully saturated rings. The van der Waals surface area contributed by atoms with Crippen LogP contribution < -0.4 is 5.73 Å². The fraction of sp³-hybridized carbons (Fsp3) is 0. The molecule has 4 nitrogen and oxygen atoms in total. The van der Waals surface area contributed by atoms with E-state index < -0.39 is 5.91 Å². The van der Waals surface area contributed by atoms with Crippen LogP contribution in [0.25, 0.3) is 6.20 Å². The summed E-state index contributed by atoms with van der Waals surface area (Å²) < 4.78 is 1.32. The molecule has 0 aliphatic carbocycles. The third kappa shape index (κ3) is 0.907. The van der Waals surface area contributed by atoms with Crippen LogP contribution in [0.15, 0.2) is 18.8 Å². The van der Waals surface area contributed by atoms with Gasteiger partial charge in [0.2, 0.25) is 0 Å². The maximum Gasteiger partial charge on any atom is 0.267 e. The van der Waals surface area contributed by atoms with Crippen molar-refractivity contribution < 1.29 is 4.79 Å². The summed E-state index contributed by atoms with van der Waals surface area (Å²) in [5, 5.41) is 3.75. The number of nitrogens with two attached hydrogens (primary N) is 1. The van der Waals surface area contributed by atoms with E-state index in [9.17, 15) is 4.79 Å². The number of rotatable bonds is 2. The van der Waals surface area contributed by atoms with E-state index in [0.29, 0.717) is 5.69 Å². The summed E-state index contributed by atoms with van der Waals surface area (Å²) in [6.45, 7) is 3.44. The van der Waals surface area contributed by atoms with Crippen molar-refractivity contribution in [1.82, 2.24) is 9.78 Å². The zero-order chi connectivity index (χ0) is 7.56. The number of hydrogen-bond acceptors (Lipinski definition) is 2. The molecule has 0 bridgehead atoms. The Labute approximate surface area is 57.9 Å². The topological polar surface area (TPSA) is 60.9 Å². The number of primary amides is 1. The fourth-order valence-electron chi connectivity index (χ4n) is 0.655. The molecule has 52 valence electrons. The lowest BCUT2D eigenvalue weighted by molar-refractivity contribution is 0.0993. The number of carbonyl (C=O) groups is 1. The third-order valence-corrected chi connectivity index (χ3v) is 1.10. The van der Waals surface area contributed by atoms with E-state index in [4.69, 9.17) is 5.73 Å². The second-order valence-corrected chi connectivity index (χ2v) is 1.71. The molecule has 1 rings (SSSR count). The number of carbonyl (C=O) groups excluding carboxylic acids is 1. The van der Waals surface area contributed by atoms with Gasteiger partial charge in [0.1, 0.15) is 5.69 Å². The quantitative estimate of drug-likeness (QED) is 0.627. The fourth-order valence-corrected chi connectivity index (χ4v) is 0.655. The molecule has 1 heterocycles. The Bertz CT molecular complexity index is 264. The Kier molecular flexibility index (Phi) is 1.53. The van der Waals surface area contributed by atoms with Gasteiger partial charge in [-0.2, -0.15) is 5.10 Å². The molecule has 0 aliphatic rings. The van der Waals surface area contributed by atoms with Crippen LogP contribution in [0, 0.1) is 0 Å². The van der Waals surface area contributed by atoms with Crippen LogP contribution in [0.3, 0.4) is 0 Å². The molecule has 1 aromatic rings. The van der Waals surface area contributed by atoms with E-state index in [2.05, 4.69) is 11.7 Å². The van der Waals surface area contributed by atoms with Gasteiger partial charge < -0.3 is 5.73 Å². The second kappa shape index (κ2) is 2.34. The predicted octanol–water partition coefficient (Wildman–Crippen LogP) is 0.0825. The molecule has 0 spiro atoms. The standard InChI is InChI=1S/C6H7N3O/c1-2-9-5(6(7)10)3-4-8-9/h2-4H,1H2,(H2,7,10). The van der Waals surface area contributed by atoms with Gasteiger partial charge in [0, 0.05) is 6.20 Å². The van der Waals surface area contributed by atoms with E-state index in [1.807, 2.05) is 0 Å². The van der Waals surface area contributed by atoms with Crippen LogP contribution in [0.2, 0.25) is 0 Å². The molecule has 0 aliphatic heterocycles. The highest BCUT2D eigenvalue weighted by Gasteiger charge is 2.03. The molecule has 1 amide bonds. The molecule has 0 atom stereocenters. The number of nitrogens with zero attached hydrogens (tertiary/aromatic N) is 2. The first-order valence-electron chi connectivity index (χ1n) is 2.71. The summed E-state index contributed by atoms with van der Waals surface area (Å²) in [4.78, 5) is 10.6. The summed E-state index contributed by atoms with van der Waals surface area (Å²) in [5.41, 5.74) is 5.33. The maximum atomic E-state index is 10.6. The van der Waals surface area contributed by atoms with Crippen LogP contribution in [0.4, 0.5) is 0 Å². The van der Waals surface area contributed by atoms with Crippen molar-refractivity contribution in [2.75, 3.05) is 0 Å². The van der Waals surface area contributed by atoms with Gasteiger partial charge in [0.05, 0.1) is 6.20 Å².